The van der Waals surface area contributed by atoms with E-state index in [4.69, 9.17) is 0 Å². The van der Waals surface area contributed by atoms with E-state index in [-0.39, 0.29) is 5.91 Å². The van der Waals surface area contributed by atoms with Gasteiger partial charge in [-0.3, -0.25) is 4.79 Å². The van der Waals surface area contributed by atoms with E-state index in [1.165, 1.54) is 22.3 Å². The average Bonchev–Trinajstić information content (AvgIpc) is 2.94. The molecule has 0 bridgehead atoms. The lowest BCUT2D eigenvalue weighted by molar-refractivity contribution is -0.124. The highest BCUT2D eigenvalue weighted by Crippen LogP contribution is 2.39. The van der Waals surface area contributed by atoms with Gasteiger partial charge in [0.05, 0.1) is 0 Å². The SMILES string of the molecule is C=C(C(=O)N(CC)CC)c1cccc2c1Cc1ccccc1-2. The molecule has 2 aromatic carbocycles. The van der Waals surface area contributed by atoms with Crippen molar-refractivity contribution in [1.82, 2.24) is 4.90 Å². The van der Waals surface area contributed by atoms with Crippen LogP contribution in [0, 0.1) is 0 Å². The van der Waals surface area contributed by atoms with Crippen molar-refractivity contribution in [1.29, 1.82) is 0 Å². The highest BCUT2D eigenvalue weighted by molar-refractivity contribution is 6.19. The first-order chi connectivity index (χ1) is 10.7. The molecule has 22 heavy (non-hydrogen) atoms. The maximum absolute atomic E-state index is 12.6. The van der Waals surface area contributed by atoms with Gasteiger partial charge in [0.1, 0.15) is 0 Å². The van der Waals surface area contributed by atoms with Crippen molar-refractivity contribution < 1.29 is 4.79 Å². The van der Waals surface area contributed by atoms with E-state index in [2.05, 4.69) is 36.9 Å². The molecule has 1 amide bonds. The van der Waals surface area contributed by atoms with Gasteiger partial charge in [0.2, 0.25) is 0 Å². The molecule has 0 aromatic heterocycles. The minimum absolute atomic E-state index is 0.0364. The minimum atomic E-state index is 0.0364. The Bertz CT molecular complexity index is 741. The fourth-order valence-corrected chi connectivity index (χ4v) is 3.26. The number of hydrogen-bond donors (Lipinski definition) is 0. The number of carbonyl (C=O) groups excluding carboxylic acids is 1. The first-order valence-corrected chi connectivity index (χ1v) is 7.86. The Kier molecular flexibility index (Phi) is 3.84. The van der Waals surface area contributed by atoms with Crippen LogP contribution in [0.2, 0.25) is 0 Å². The number of likely N-dealkylation sites (N-methyl/N-ethyl adjacent to an activating group) is 1. The predicted octanol–water partition coefficient (Wildman–Crippen LogP) is 4.14. The molecule has 0 saturated carbocycles. The zero-order chi connectivity index (χ0) is 15.7. The number of fused-ring (bicyclic) bond motifs is 3. The molecule has 0 saturated heterocycles. The van der Waals surface area contributed by atoms with Crippen LogP contribution in [0.5, 0.6) is 0 Å². The molecule has 2 aromatic rings. The van der Waals surface area contributed by atoms with Gasteiger partial charge >= 0.3 is 0 Å². The zero-order valence-electron chi connectivity index (χ0n) is 13.2. The third-order valence-corrected chi connectivity index (χ3v) is 4.48. The molecule has 0 radical (unpaired) electrons. The third-order valence-electron chi connectivity index (χ3n) is 4.48. The van der Waals surface area contributed by atoms with Crippen LogP contribution < -0.4 is 0 Å². The number of nitrogens with zero attached hydrogens (tertiary/aromatic N) is 1. The van der Waals surface area contributed by atoms with Gasteiger partial charge in [0.15, 0.2) is 0 Å². The van der Waals surface area contributed by atoms with Crippen molar-refractivity contribution in [2.45, 2.75) is 20.3 Å². The molecule has 0 unspecified atom stereocenters. The summed E-state index contributed by atoms with van der Waals surface area (Å²) in [5.74, 6) is 0.0364. The van der Waals surface area contributed by atoms with Crippen molar-refractivity contribution >= 4 is 11.5 Å². The van der Waals surface area contributed by atoms with E-state index in [1.54, 1.807) is 0 Å². The summed E-state index contributed by atoms with van der Waals surface area (Å²) in [7, 11) is 0. The van der Waals surface area contributed by atoms with Crippen molar-refractivity contribution in [2.75, 3.05) is 13.1 Å². The van der Waals surface area contributed by atoms with Gasteiger partial charge in [-0.2, -0.15) is 0 Å². The van der Waals surface area contributed by atoms with Gasteiger partial charge in [-0.1, -0.05) is 49.0 Å². The van der Waals surface area contributed by atoms with Gasteiger partial charge in [-0.25, -0.2) is 0 Å². The Labute approximate surface area is 132 Å². The summed E-state index contributed by atoms with van der Waals surface area (Å²) in [5, 5.41) is 0. The molecule has 112 valence electrons. The molecule has 0 spiro atoms. The van der Waals surface area contributed by atoms with Gasteiger partial charge < -0.3 is 4.90 Å². The van der Waals surface area contributed by atoms with E-state index in [1.807, 2.05) is 30.9 Å². The largest absolute Gasteiger partial charge is 0.339 e. The maximum atomic E-state index is 12.6. The van der Waals surface area contributed by atoms with Gasteiger partial charge in [-0.05, 0) is 48.1 Å². The number of hydrogen-bond acceptors (Lipinski definition) is 1. The normalized spacial score (nSPS) is 11.7. The Morgan fingerprint density at radius 2 is 1.73 bits per heavy atom. The monoisotopic (exact) mass is 291 g/mol. The van der Waals surface area contributed by atoms with Crippen LogP contribution in [0.3, 0.4) is 0 Å². The molecule has 3 rings (SSSR count). The maximum Gasteiger partial charge on any atom is 0.253 e. The van der Waals surface area contributed by atoms with Gasteiger partial charge in [0.25, 0.3) is 5.91 Å². The van der Waals surface area contributed by atoms with E-state index >= 15 is 0 Å². The predicted molar refractivity (Wildman–Crippen MR) is 91.6 cm³/mol. The second kappa shape index (κ2) is 5.80. The summed E-state index contributed by atoms with van der Waals surface area (Å²) in [4.78, 5) is 14.4. The fourth-order valence-electron chi connectivity index (χ4n) is 3.26. The highest BCUT2D eigenvalue weighted by atomic mass is 16.2. The summed E-state index contributed by atoms with van der Waals surface area (Å²) in [6.07, 6.45) is 0.881. The molecule has 2 heteroatoms. The molecule has 0 aliphatic heterocycles. The quantitative estimate of drug-likeness (QED) is 0.662. The Morgan fingerprint density at radius 1 is 1.05 bits per heavy atom. The molecule has 1 aliphatic rings. The summed E-state index contributed by atoms with van der Waals surface area (Å²) >= 11 is 0. The van der Waals surface area contributed by atoms with Crippen LogP contribution in [0.4, 0.5) is 0 Å². The lowest BCUT2D eigenvalue weighted by Crippen LogP contribution is -2.31. The molecule has 0 N–H and O–H groups in total. The molecule has 2 nitrogen and oxygen atoms in total. The van der Waals surface area contributed by atoms with Crippen molar-refractivity contribution in [3.63, 3.8) is 0 Å². The first-order valence-electron chi connectivity index (χ1n) is 7.86. The number of carbonyl (C=O) groups is 1. The number of benzene rings is 2. The van der Waals surface area contributed by atoms with Gasteiger partial charge in [-0.15, -0.1) is 0 Å². The molecule has 1 aliphatic carbocycles. The van der Waals surface area contributed by atoms with Gasteiger partial charge in [0, 0.05) is 18.7 Å². The fraction of sp³-hybridized carbons (Fsp3) is 0.250. The van der Waals surface area contributed by atoms with Crippen LogP contribution in [0.25, 0.3) is 16.7 Å². The Hall–Kier alpha value is -2.35. The zero-order valence-corrected chi connectivity index (χ0v) is 13.2. The van der Waals surface area contributed by atoms with Crippen LogP contribution in [-0.2, 0) is 11.2 Å². The number of rotatable bonds is 4. The average molecular weight is 291 g/mol. The topological polar surface area (TPSA) is 20.3 Å². The van der Waals surface area contributed by atoms with Crippen LogP contribution in [0.15, 0.2) is 49.0 Å². The van der Waals surface area contributed by atoms with E-state index < -0.39 is 0 Å². The lowest BCUT2D eigenvalue weighted by atomic mass is 9.95. The van der Waals surface area contributed by atoms with Crippen LogP contribution in [0.1, 0.15) is 30.5 Å². The van der Waals surface area contributed by atoms with Crippen molar-refractivity contribution in [3.05, 3.63) is 65.7 Å². The molecule has 0 atom stereocenters. The second-order valence-corrected chi connectivity index (χ2v) is 5.62. The van der Waals surface area contributed by atoms with Crippen molar-refractivity contribution in [3.8, 4) is 11.1 Å². The molecular formula is C20H21NO. The summed E-state index contributed by atoms with van der Waals surface area (Å²) in [5.41, 5.74) is 6.67. The summed E-state index contributed by atoms with van der Waals surface area (Å²) < 4.78 is 0. The number of amides is 1. The summed E-state index contributed by atoms with van der Waals surface area (Å²) in [6, 6.07) is 14.6. The van der Waals surface area contributed by atoms with Crippen LogP contribution in [-0.4, -0.2) is 23.9 Å². The molecular weight excluding hydrogens is 270 g/mol. The lowest BCUT2D eigenvalue weighted by Gasteiger charge is -2.21. The molecule has 0 fully saturated rings. The van der Waals surface area contributed by atoms with E-state index in [0.29, 0.717) is 18.7 Å². The smallest absolute Gasteiger partial charge is 0.253 e. The molecule has 0 heterocycles. The Morgan fingerprint density at radius 3 is 2.45 bits per heavy atom. The standard InChI is InChI=1S/C20H21NO/c1-4-21(5-2)20(22)14(3)16-11-8-12-18-17-10-7-6-9-15(17)13-19(16)18/h6-12H,3-5,13H2,1-2H3. The van der Waals surface area contributed by atoms with Crippen molar-refractivity contribution in [2.24, 2.45) is 0 Å². The van der Waals surface area contributed by atoms with E-state index in [9.17, 15) is 4.79 Å². The Balaban J connectivity index is 2.02. The third kappa shape index (κ3) is 2.25. The first kappa shape index (κ1) is 14.6. The minimum Gasteiger partial charge on any atom is -0.339 e. The summed E-state index contributed by atoms with van der Waals surface area (Å²) in [6.45, 7) is 9.51. The van der Waals surface area contributed by atoms with E-state index in [0.717, 1.165) is 12.0 Å². The highest BCUT2D eigenvalue weighted by Gasteiger charge is 2.24. The van der Waals surface area contributed by atoms with Crippen LogP contribution >= 0.6 is 0 Å². The second-order valence-electron chi connectivity index (χ2n) is 5.62.